The van der Waals surface area contributed by atoms with Gasteiger partial charge in [0.05, 0.1) is 0 Å². The molecule has 0 saturated heterocycles. The molecule has 0 aliphatic carbocycles. The predicted molar refractivity (Wildman–Crippen MR) is 143 cm³/mol. The Balaban J connectivity index is 1.67. The van der Waals surface area contributed by atoms with Crippen LogP contribution in [0.1, 0.15) is 36.1 Å². The van der Waals surface area contributed by atoms with E-state index < -0.39 is 23.9 Å². The SMILES string of the molecule is CC(=O)Oc1ccc(C=C2N=C(c3ccccc3)OC2=O)c(/C=C2\N=C(c3ccccc3)OC2=O)c1OC(C)=O. The first-order chi connectivity index (χ1) is 19.3. The van der Waals surface area contributed by atoms with Crippen LogP contribution in [0.4, 0.5) is 0 Å². The minimum Gasteiger partial charge on any atom is -0.423 e. The van der Waals surface area contributed by atoms with E-state index in [0.29, 0.717) is 16.7 Å². The molecule has 2 heterocycles. The summed E-state index contributed by atoms with van der Waals surface area (Å²) in [4.78, 5) is 57.8. The monoisotopic (exact) mass is 536 g/mol. The van der Waals surface area contributed by atoms with Crippen LogP contribution >= 0.6 is 0 Å². The van der Waals surface area contributed by atoms with Crippen LogP contribution in [-0.4, -0.2) is 35.7 Å². The maximum atomic E-state index is 12.8. The molecule has 0 aromatic heterocycles. The van der Waals surface area contributed by atoms with E-state index in [9.17, 15) is 19.2 Å². The molecule has 0 unspecified atom stereocenters. The molecule has 10 nitrogen and oxygen atoms in total. The van der Waals surface area contributed by atoms with E-state index in [4.69, 9.17) is 18.9 Å². The van der Waals surface area contributed by atoms with E-state index in [-0.39, 0.29) is 40.3 Å². The van der Waals surface area contributed by atoms with Gasteiger partial charge in [-0.25, -0.2) is 19.6 Å². The Bertz CT molecular complexity index is 1670. The Morgan fingerprint density at radius 2 is 1.18 bits per heavy atom. The van der Waals surface area contributed by atoms with Crippen LogP contribution in [0.15, 0.2) is 94.2 Å². The molecule has 0 spiro atoms. The number of carbonyl (C=O) groups excluding carboxylic acids is 4. The summed E-state index contributed by atoms with van der Waals surface area (Å²) >= 11 is 0. The summed E-state index contributed by atoms with van der Waals surface area (Å²) in [5, 5.41) is 0. The predicted octanol–water partition coefficient (Wildman–Crippen LogP) is 4.23. The summed E-state index contributed by atoms with van der Waals surface area (Å²) < 4.78 is 21.3. The van der Waals surface area contributed by atoms with Gasteiger partial charge in [0.2, 0.25) is 11.8 Å². The number of hydrogen-bond acceptors (Lipinski definition) is 10. The first-order valence-corrected chi connectivity index (χ1v) is 12.0. The molecule has 0 fully saturated rings. The highest BCUT2D eigenvalue weighted by Crippen LogP contribution is 2.38. The topological polar surface area (TPSA) is 130 Å². The minimum atomic E-state index is -0.756. The van der Waals surface area contributed by atoms with Crippen molar-refractivity contribution in [3.05, 3.63) is 106 Å². The standard InChI is InChI=1S/C30H20N2O8/c1-17(33)37-25-14-13-21(15-23-29(35)39-27(31-23)19-9-5-3-6-10-19)22(26(25)38-18(2)34)16-24-30(36)40-28(32-24)20-11-7-4-8-12-20/h3-16H,1-2H3/b23-15?,24-16-. The van der Waals surface area contributed by atoms with Crippen LogP contribution in [0.3, 0.4) is 0 Å². The summed E-state index contributed by atoms with van der Waals surface area (Å²) in [7, 11) is 0. The Morgan fingerprint density at radius 1 is 0.675 bits per heavy atom. The largest absolute Gasteiger partial charge is 0.423 e. The average molecular weight is 536 g/mol. The quantitative estimate of drug-likeness (QED) is 0.260. The normalized spacial score (nSPS) is 16.4. The summed E-state index contributed by atoms with van der Waals surface area (Å²) in [6.45, 7) is 2.35. The molecule has 0 bridgehead atoms. The number of cyclic esters (lactones) is 2. The molecule has 5 rings (SSSR count). The van der Waals surface area contributed by atoms with Crippen molar-refractivity contribution >= 4 is 47.8 Å². The summed E-state index contributed by atoms with van der Waals surface area (Å²) in [6, 6.07) is 20.6. The third-order valence-electron chi connectivity index (χ3n) is 5.55. The van der Waals surface area contributed by atoms with Crippen molar-refractivity contribution in [3.8, 4) is 11.5 Å². The smallest absolute Gasteiger partial charge is 0.363 e. The van der Waals surface area contributed by atoms with Gasteiger partial charge in [-0.1, -0.05) is 42.5 Å². The first-order valence-electron chi connectivity index (χ1n) is 12.0. The van der Waals surface area contributed by atoms with E-state index in [2.05, 4.69) is 9.98 Å². The number of esters is 4. The molecule has 0 atom stereocenters. The minimum absolute atomic E-state index is 0.0463. The van der Waals surface area contributed by atoms with Crippen molar-refractivity contribution in [1.29, 1.82) is 0 Å². The van der Waals surface area contributed by atoms with Crippen LogP contribution < -0.4 is 9.47 Å². The molecular weight excluding hydrogens is 516 g/mol. The lowest BCUT2D eigenvalue weighted by atomic mass is 10.0. The van der Waals surface area contributed by atoms with Crippen LogP contribution in [0.5, 0.6) is 11.5 Å². The average Bonchev–Trinajstić information content (AvgIpc) is 3.49. The van der Waals surface area contributed by atoms with Crippen LogP contribution in [0, 0.1) is 0 Å². The van der Waals surface area contributed by atoms with Gasteiger partial charge in [-0.15, -0.1) is 0 Å². The zero-order valence-electron chi connectivity index (χ0n) is 21.2. The van der Waals surface area contributed by atoms with Crippen molar-refractivity contribution in [1.82, 2.24) is 0 Å². The summed E-state index contributed by atoms with van der Waals surface area (Å²) in [5.74, 6) is -2.90. The maximum absolute atomic E-state index is 12.8. The second-order valence-corrected chi connectivity index (χ2v) is 8.49. The van der Waals surface area contributed by atoms with Gasteiger partial charge in [0, 0.05) is 30.5 Å². The molecule has 40 heavy (non-hydrogen) atoms. The molecule has 3 aromatic rings. The summed E-state index contributed by atoms with van der Waals surface area (Å²) in [6.07, 6.45) is 2.72. The molecule has 10 heteroatoms. The molecule has 0 saturated carbocycles. The highest BCUT2D eigenvalue weighted by atomic mass is 16.6. The maximum Gasteiger partial charge on any atom is 0.363 e. The van der Waals surface area contributed by atoms with E-state index in [1.807, 2.05) is 12.1 Å². The Labute approximate surface area is 227 Å². The lowest BCUT2D eigenvalue weighted by molar-refractivity contribution is -0.134. The van der Waals surface area contributed by atoms with Gasteiger partial charge in [-0.3, -0.25) is 9.59 Å². The molecule has 2 aliphatic rings. The van der Waals surface area contributed by atoms with Gasteiger partial charge in [-0.05, 0) is 48.0 Å². The van der Waals surface area contributed by atoms with Crippen molar-refractivity contribution in [3.63, 3.8) is 0 Å². The number of ether oxygens (including phenoxy) is 4. The van der Waals surface area contributed by atoms with Crippen LogP contribution in [0.25, 0.3) is 12.2 Å². The zero-order chi connectivity index (χ0) is 28.2. The highest BCUT2D eigenvalue weighted by Gasteiger charge is 2.28. The zero-order valence-corrected chi connectivity index (χ0v) is 21.2. The fraction of sp³-hybridized carbons (Fsp3) is 0.0667. The second kappa shape index (κ2) is 11.0. The fourth-order valence-corrected chi connectivity index (χ4v) is 3.86. The molecule has 0 amide bonds. The second-order valence-electron chi connectivity index (χ2n) is 8.49. The number of benzene rings is 3. The van der Waals surface area contributed by atoms with Gasteiger partial charge in [0.15, 0.2) is 22.9 Å². The van der Waals surface area contributed by atoms with Crippen LogP contribution in [0.2, 0.25) is 0 Å². The van der Waals surface area contributed by atoms with Gasteiger partial charge in [0.25, 0.3) is 0 Å². The molecule has 3 aromatic carbocycles. The number of hydrogen-bond donors (Lipinski definition) is 0. The number of rotatable bonds is 6. The van der Waals surface area contributed by atoms with Gasteiger partial charge in [0.1, 0.15) is 0 Å². The molecular formula is C30H20N2O8. The van der Waals surface area contributed by atoms with Crippen molar-refractivity contribution in [2.45, 2.75) is 13.8 Å². The van der Waals surface area contributed by atoms with Crippen molar-refractivity contribution < 1.29 is 38.1 Å². The molecule has 0 radical (unpaired) electrons. The molecule has 198 valence electrons. The Kier molecular flexibility index (Phi) is 7.14. The van der Waals surface area contributed by atoms with Crippen molar-refractivity contribution in [2.24, 2.45) is 9.98 Å². The number of carbonyl (C=O) groups is 4. The first kappa shape index (κ1) is 26.0. The van der Waals surface area contributed by atoms with Gasteiger partial charge >= 0.3 is 23.9 Å². The third kappa shape index (κ3) is 5.60. The van der Waals surface area contributed by atoms with Gasteiger partial charge < -0.3 is 18.9 Å². The van der Waals surface area contributed by atoms with E-state index in [0.717, 1.165) is 0 Å². The molecule has 0 N–H and O–H groups in total. The molecule has 2 aliphatic heterocycles. The number of aliphatic imine (C=N–C) groups is 2. The summed E-state index contributed by atoms with van der Waals surface area (Å²) in [5.41, 5.74) is 1.42. The van der Waals surface area contributed by atoms with E-state index in [1.54, 1.807) is 48.5 Å². The van der Waals surface area contributed by atoms with Gasteiger partial charge in [-0.2, -0.15) is 0 Å². The highest BCUT2D eigenvalue weighted by molar-refractivity contribution is 6.14. The lowest BCUT2D eigenvalue weighted by Gasteiger charge is -2.14. The Morgan fingerprint density at radius 3 is 1.68 bits per heavy atom. The van der Waals surface area contributed by atoms with E-state index in [1.165, 1.54) is 38.1 Å². The fourth-order valence-electron chi connectivity index (χ4n) is 3.86. The lowest BCUT2D eigenvalue weighted by Crippen LogP contribution is -2.09. The van der Waals surface area contributed by atoms with E-state index >= 15 is 0 Å². The number of nitrogens with zero attached hydrogens (tertiary/aromatic N) is 2. The van der Waals surface area contributed by atoms with Crippen LogP contribution in [-0.2, 0) is 28.7 Å². The Hall–Kier alpha value is -5.64. The third-order valence-corrected chi connectivity index (χ3v) is 5.55. The van der Waals surface area contributed by atoms with Crippen molar-refractivity contribution in [2.75, 3.05) is 0 Å².